The number of thiophene rings is 1. The average molecular weight is 278 g/mol. The fourth-order valence-electron chi connectivity index (χ4n) is 2.48. The van der Waals surface area contributed by atoms with Gasteiger partial charge in [-0.25, -0.2) is 4.98 Å². The van der Waals surface area contributed by atoms with Gasteiger partial charge in [-0.15, -0.1) is 11.3 Å². The predicted molar refractivity (Wildman–Crippen MR) is 78.4 cm³/mol. The van der Waals surface area contributed by atoms with E-state index in [-0.39, 0.29) is 23.5 Å². The van der Waals surface area contributed by atoms with Crippen molar-refractivity contribution in [3.05, 3.63) is 10.9 Å². The third kappa shape index (κ3) is 1.95. The molecule has 2 heterocycles. The summed E-state index contributed by atoms with van der Waals surface area (Å²) in [5, 5.41) is 14.2. The van der Waals surface area contributed by atoms with Gasteiger partial charge in [0, 0.05) is 16.3 Å². The number of nitrogens with zero attached hydrogens (tertiary/aromatic N) is 2. The highest BCUT2D eigenvalue weighted by Crippen LogP contribution is 2.43. The molecule has 102 valence electrons. The minimum atomic E-state index is -0.260. The second-order valence-corrected chi connectivity index (χ2v) is 7.01. The van der Waals surface area contributed by atoms with Crippen molar-refractivity contribution in [1.29, 1.82) is 0 Å². The highest BCUT2D eigenvalue weighted by Gasteiger charge is 2.47. The fourth-order valence-corrected chi connectivity index (χ4v) is 3.37. The number of rotatable bonds is 2. The first kappa shape index (κ1) is 12.6. The summed E-state index contributed by atoms with van der Waals surface area (Å²) in [6.07, 6.45) is 0.477. The number of hydrogen-bond donors (Lipinski definition) is 3. The van der Waals surface area contributed by atoms with Crippen LogP contribution >= 0.6 is 11.3 Å². The first-order valence-electron chi connectivity index (χ1n) is 6.36. The number of fused-ring (bicyclic) bond motifs is 1. The van der Waals surface area contributed by atoms with E-state index in [1.807, 2.05) is 6.92 Å². The van der Waals surface area contributed by atoms with E-state index in [1.54, 1.807) is 11.3 Å². The Bertz CT molecular complexity index is 637. The minimum Gasteiger partial charge on any atom is -0.392 e. The molecule has 0 radical (unpaired) electrons. The maximum atomic E-state index is 9.80. The van der Waals surface area contributed by atoms with Crippen LogP contribution in [0, 0.1) is 12.3 Å². The molecule has 1 aliphatic rings. The number of aryl methyl sites for hydroxylation is 1. The summed E-state index contributed by atoms with van der Waals surface area (Å²) in [6, 6.07) is 2.28. The quantitative estimate of drug-likeness (QED) is 0.784. The number of aromatic nitrogens is 2. The van der Waals surface area contributed by atoms with E-state index < -0.39 is 0 Å². The van der Waals surface area contributed by atoms with E-state index in [9.17, 15) is 5.11 Å². The van der Waals surface area contributed by atoms with E-state index in [4.69, 9.17) is 5.73 Å². The molecule has 1 fully saturated rings. The third-order valence-corrected chi connectivity index (χ3v) is 5.00. The average Bonchev–Trinajstić information content (AvgIpc) is 2.69. The molecule has 19 heavy (non-hydrogen) atoms. The minimum absolute atomic E-state index is 0.142. The Kier molecular flexibility index (Phi) is 2.69. The summed E-state index contributed by atoms with van der Waals surface area (Å²) < 4.78 is 0. The Morgan fingerprint density at radius 1 is 1.47 bits per heavy atom. The van der Waals surface area contributed by atoms with Crippen molar-refractivity contribution in [2.75, 3.05) is 11.1 Å². The van der Waals surface area contributed by atoms with Crippen LogP contribution in [0.1, 0.15) is 25.1 Å². The molecule has 0 aliphatic heterocycles. The Morgan fingerprint density at radius 2 is 2.21 bits per heavy atom. The Balaban J connectivity index is 1.97. The monoisotopic (exact) mass is 278 g/mol. The van der Waals surface area contributed by atoms with Gasteiger partial charge < -0.3 is 16.2 Å². The van der Waals surface area contributed by atoms with Gasteiger partial charge in [0.15, 0.2) is 0 Å². The SMILES string of the molecule is Cc1cc2c(NC3CC(O)C3(C)C)nc(N)nc2s1. The Morgan fingerprint density at radius 3 is 2.84 bits per heavy atom. The summed E-state index contributed by atoms with van der Waals surface area (Å²) in [5.41, 5.74) is 5.62. The van der Waals surface area contributed by atoms with E-state index in [0.29, 0.717) is 0 Å². The number of nitrogen functional groups attached to an aromatic ring is 1. The van der Waals surface area contributed by atoms with Crippen molar-refractivity contribution in [2.45, 2.75) is 39.3 Å². The van der Waals surface area contributed by atoms with Crippen molar-refractivity contribution in [2.24, 2.45) is 5.41 Å². The van der Waals surface area contributed by atoms with Gasteiger partial charge >= 0.3 is 0 Å². The molecule has 3 rings (SSSR count). The van der Waals surface area contributed by atoms with Crippen LogP contribution in [0.2, 0.25) is 0 Å². The zero-order valence-electron chi connectivity index (χ0n) is 11.3. The maximum absolute atomic E-state index is 9.80. The lowest BCUT2D eigenvalue weighted by Crippen LogP contribution is -2.57. The van der Waals surface area contributed by atoms with Crippen LogP contribution < -0.4 is 11.1 Å². The number of aliphatic hydroxyl groups excluding tert-OH is 1. The lowest BCUT2D eigenvalue weighted by atomic mass is 9.64. The molecule has 1 saturated carbocycles. The van der Waals surface area contributed by atoms with Crippen LogP contribution in [-0.4, -0.2) is 27.2 Å². The standard InChI is InChI=1S/C13H18N4OS/c1-6-4-7-10(16-12(14)17-11(7)19-6)15-8-5-9(18)13(8,2)3/h4,8-9,18H,5H2,1-3H3,(H3,14,15,16,17). The van der Waals surface area contributed by atoms with Crippen LogP contribution in [-0.2, 0) is 0 Å². The number of aliphatic hydroxyl groups is 1. The summed E-state index contributed by atoms with van der Waals surface area (Å²) in [7, 11) is 0. The van der Waals surface area contributed by atoms with Crippen LogP contribution in [0.25, 0.3) is 10.2 Å². The molecule has 2 aromatic rings. The Hall–Kier alpha value is -1.40. The van der Waals surface area contributed by atoms with Crippen LogP contribution in [0.4, 0.5) is 11.8 Å². The molecule has 2 aromatic heterocycles. The first-order valence-corrected chi connectivity index (χ1v) is 7.18. The second-order valence-electron chi connectivity index (χ2n) is 5.78. The van der Waals surface area contributed by atoms with Crippen molar-refractivity contribution in [3.8, 4) is 0 Å². The molecule has 2 atom stereocenters. The van der Waals surface area contributed by atoms with Gasteiger partial charge in [0.25, 0.3) is 0 Å². The number of hydrogen-bond acceptors (Lipinski definition) is 6. The van der Waals surface area contributed by atoms with Gasteiger partial charge in [0.2, 0.25) is 5.95 Å². The molecular weight excluding hydrogens is 260 g/mol. The van der Waals surface area contributed by atoms with E-state index >= 15 is 0 Å². The molecule has 6 heteroatoms. The first-order chi connectivity index (χ1) is 8.88. The topological polar surface area (TPSA) is 84.1 Å². The molecular formula is C13H18N4OS. The maximum Gasteiger partial charge on any atom is 0.223 e. The van der Waals surface area contributed by atoms with Crippen molar-refractivity contribution in [1.82, 2.24) is 9.97 Å². The summed E-state index contributed by atoms with van der Waals surface area (Å²) >= 11 is 1.61. The molecule has 4 N–H and O–H groups in total. The number of nitrogens with one attached hydrogen (secondary N) is 1. The van der Waals surface area contributed by atoms with Gasteiger partial charge in [-0.2, -0.15) is 4.98 Å². The number of nitrogens with two attached hydrogens (primary N) is 1. The molecule has 0 aromatic carbocycles. The van der Waals surface area contributed by atoms with E-state index in [1.165, 1.54) is 4.88 Å². The zero-order chi connectivity index (χ0) is 13.8. The lowest BCUT2D eigenvalue weighted by Gasteiger charge is -2.49. The third-order valence-electron chi connectivity index (χ3n) is 4.06. The normalized spacial score (nSPS) is 25.3. The summed E-state index contributed by atoms with van der Waals surface area (Å²) in [5.74, 6) is 1.06. The van der Waals surface area contributed by atoms with Gasteiger partial charge in [0.05, 0.1) is 11.5 Å². The smallest absolute Gasteiger partial charge is 0.223 e. The van der Waals surface area contributed by atoms with Crippen molar-refractivity contribution < 1.29 is 5.11 Å². The van der Waals surface area contributed by atoms with Crippen molar-refractivity contribution >= 4 is 33.3 Å². The summed E-state index contributed by atoms with van der Waals surface area (Å²) in [4.78, 5) is 10.7. The number of anilines is 2. The fraction of sp³-hybridized carbons (Fsp3) is 0.538. The Labute approximate surface area is 115 Å². The molecule has 0 amide bonds. The largest absolute Gasteiger partial charge is 0.392 e. The molecule has 5 nitrogen and oxygen atoms in total. The zero-order valence-corrected chi connectivity index (χ0v) is 12.1. The summed E-state index contributed by atoms with van der Waals surface area (Å²) in [6.45, 7) is 6.16. The molecule has 0 bridgehead atoms. The highest BCUT2D eigenvalue weighted by atomic mass is 32.1. The van der Waals surface area contributed by atoms with Crippen LogP contribution in [0.3, 0.4) is 0 Å². The molecule has 0 spiro atoms. The van der Waals surface area contributed by atoms with Crippen LogP contribution in [0.5, 0.6) is 0 Å². The van der Waals surface area contributed by atoms with Crippen molar-refractivity contribution in [3.63, 3.8) is 0 Å². The van der Waals surface area contributed by atoms with Crippen LogP contribution in [0.15, 0.2) is 6.07 Å². The van der Waals surface area contributed by atoms with Gasteiger partial charge in [0.1, 0.15) is 10.6 Å². The second kappa shape index (κ2) is 4.05. The van der Waals surface area contributed by atoms with Gasteiger partial charge in [-0.3, -0.25) is 0 Å². The van der Waals surface area contributed by atoms with E-state index in [2.05, 4.69) is 35.2 Å². The highest BCUT2D eigenvalue weighted by molar-refractivity contribution is 7.18. The molecule has 1 aliphatic carbocycles. The van der Waals surface area contributed by atoms with Gasteiger partial charge in [-0.1, -0.05) is 13.8 Å². The predicted octanol–water partition coefficient (Wildman–Crippen LogP) is 2.15. The molecule has 0 saturated heterocycles. The molecule has 2 unspecified atom stereocenters. The van der Waals surface area contributed by atoms with E-state index in [0.717, 1.165) is 22.5 Å². The van der Waals surface area contributed by atoms with Gasteiger partial charge in [-0.05, 0) is 19.4 Å². The lowest BCUT2D eigenvalue weighted by molar-refractivity contribution is -0.0511.